The molecule has 1 aliphatic heterocycles. The number of nitrogens with zero attached hydrogens (tertiary/aromatic N) is 1. The molecule has 3 rings (SSSR count). The fourth-order valence-corrected chi connectivity index (χ4v) is 2.58. The molecule has 5 nitrogen and oxygen atoms in total. The summed E-state index contributed by atoms with van der Waals surface area (Å²) in [6.07, 6.45) is 2.17. The zero-order valence-electron chi connectivity index (χ0n) is 11.2. The lowest BCUT2D eigenvalue weighted by Crippen LogP contribution is -2.22. The largest absolute Gasteiger partial charge is 0.493 e. The van der Waals surface area contributed by atoms with Crippen LogP contribution in [0.4, 0.5) is 5.69 Å². The Hall–Kier alpha value is -2.27. The van der Waals surface area contributed by atoms with Crippen LogP contribution in [-0.4, -0.2) is 17.5 Å². The van der Waals surface area contributed by atoms with E-state index in [4.69, 9.17) is 22.1 Å². The van der Waals surface area contributed by atoms with Crippen molar-refractivity contribution in [2.24, 2.45) is 5.73 Å². The van der Waals surface area contributed by atoms with Crippen molar-refractivity contribution in [1.29, 1.82) is 0 Å². The fourth-order valence-electron chi connectivity index (χ4n) is 2.43. The van der Waals surface area contributed by atoms with Crippen molar-refractivity contribution < 1.29 is 9.53 Å². The van der Waals surface area contributed by atoms with E-state index in [0.29, 0.717) is 23.0 Å². The third kappa shape index (κ3) is 2.78. The summed E-state index contributed by atoms with van der Waals surface area (Å²) in [6.45, 7) is 0.611. The van der Waals surface area contributed by atoms with Crippen molar-refractivity contribution in [3.63, 3.8) is 0 Å². The number of rotatable bonds is 3. The second-order valence-electron chi connectivity index (χ2n) is 4.79. The number of anilines is 1. The number of pyridine rings is 1. The molecular weight excluding hydrogens is 290 g/mol. The van der Waals surface area contributed by atoms with Gasteiger partial charge in [-0.1, -0.05) is 29.8 Å². The third-order valence-electron chi connectivity index (χ3n) is 3.42. The van der Waals surface area contributed by atoms with Crippen molar-refractivity contribution in [3.8, 4) is 5.75 Å². The summed E-state index contributed by atoms with van der Waals surface area (Å²) < 4.78 is 5.62. The highest BCUT2D eigenvalue weighted by molar-refractivity contribution is 6.29. The Bertz CT molecular complexity index is 690. The molecule has 0 spiro atoms. The molecule has 3 N–H and O–H groups in total. The van der Waals surface area contributed by atoms with Crippen molar-refractivity contribution >= 4 is 23.2 Å². The number of halogens is 1. The highest BCUT2D eigenvalue weighted by Gasteiger charge is 2.22. The molecule has 0 saturated heterocycles. The van der Waals surface area contributed by atoms with Crippen LogP contribution in [0.3, 0.4) is 0 Å². The fraction of sp³-hybridized carbons (Fsp3) is 0.200. The number of amides is 1. The van der Waals surface area contributed by atoms with Crippen molar-refractivity contribution in [1.82, 2.24) is 4.98 Å². The van der Waals surface area contributed by atoms with Gasteiger partial charge in [-0.2, -0.15) is 0 Å². The number of carbonyl (C=O) groups is 1. The second-order valence-corrected chi connectivity index (χ2v) is 5.18. The monoisotopic (exact) mass is 303 g/mol. The van der Waals surface area contributed by atoms with E-state index in [1.54, 1.807) is 6.07 Å². The summed E-state index contributed by atoms with van der Waals surface area (Å²) in [4.78, 5) is 15.4. The Morgan fingerprint density at radius 3 is 3.05 bits per heavy atom. The first kappa shape index (κ1) is 13.7. The molecule has 0 fully saturated rings. The van der Waals surface area contributed by atoms with E-state index in [1.807, 2.05) is 24.3 Å². The number of ether oxygens (including phenoxy) is 1. The minimum absolute atomic E-state index is 0.0338. The highest BCUT2D eigenvalue weighted by Crippen LogP contribution is 2.35. The van der Waals surface area contributed by atoms with Crippen LogP contribution in [0.15, 0.2) is 36.5 Å². The Balaban J connectivity index is 1.95. The molecule has 2 heterocycles. The molecule has 1 aromatic heterocycles. The molecule has 1 unspecified atom stereocenters. The lowest BCUT2D eigenvalue weighted by Gasteiger charge is -2.28. The van der Waals surface area contributed by atoms with Crippen LogP contribution in [-0.2, 0) is 0 Å². The van der Waals surface area contributed by atoms with Crippen LogP contribution < -0.4 is 15.8 Å². The van der Waals surface area contributed by atoms with Gasteiger partial charge in [0.15, 0.2) is 0 Å². The molecule has 0 saturated carbocycles. The molecule has 0 radical (unpaired) electrons. The van der Waals surface area contributed by atoms with Crippen LogP contribution in [0.1, 0.15) is 28.4 Å². The van der Waals surface area contributed by atoms with Gasteiger partial charge in [0, 0.05) is 18.2 Å². The third-order valence-corrected chi connectivity index (χ3v) is 3.63. The number of hydrogen-bond acceptors (Lipinski definition) is 4. The zero-order valence-corrected chi connectivity index (χ0v) is 11.9. The Labute approximate surface area is 127 Å². The molecule has 2 aromatic rings. The van der Waals surface area contributed by atoms with Crippen LogP contribution >= 0.6 is 11.6 Å². The van der Waals surface area contributed by atoms with Crippen molar-refractivity contribution in [3.05, 3.63) is 52.8 Å². The highest BCUT2D eigenvalue weighted by atomic mass is 35.5. The number of primary amides is 1. The molecule has 1 amide bonds. The van der Waals surface area contributed by atoms with Gasteiger partial charge >= 0.3 is 0 Å². The first-order chi connectivity index (χ1) is 10.1. The Morgan fingerprint density at radius 1 is 1.43 bits per heavy atom. The van der Waals surface area contributed by atoms with Gasteiger partial charge in [0.25, 0.3) is 5.91 Å². The van der Waals surface area contributed by atoms with Crippen molar-refractivity contribution in [2.45, 2.75) is 12.5 Å². The zero-order chi connectivity index (χ0) is 14.8. The standard InChI is InChI=1S/C15H14ClN3O2/c16-14-7-12(10(8-18-14)15(17)20)19-11-5-6-21-13-4-2-1-3-9(11)13/h1-4,7-8,11H,5-6H2,(H2,17,20)(H,18,19). The summed E-state index contributed by atoms with van der Waals surface area (Å²) in [5.41, 5.74) is 7.34. The molecule has 1 aliphatic rings. The predicted octanol–water partition coefficient (Wildman–Crippen LogP) is 2.77. The molecular formula is C15H14ClN3O2. The van der Waals surface area contributed by atoms with E-state index in [2.05, 4.69) is 10.3 Å². The molecule has 0 aliphatic carbocycles. The van der Waals surface area contributed by atoms with E-state index in [0.717, 1.165) is 17.7 Å². The maximum atomic E-state index is 11.5. The summed E-state index contributed by atoms with van der Waals surface area (Å²) >= 11 is 5.91. The molecule has 1 atom stereocenters. The topological polar surface area (TPSA) is 77.2 Å². The van der Waals surface area contributed by atoms with Gasteiger partial charge in [-0.3, -0.25) is 4.79 Å². The van der Waals surface area contributed by atoms with Gasteiger partial charge in [0.1, 0.15) is 10.9 Å². The number of nitrogens with two attached hydrogens (primary N) is 1. The smallest absolute Gasteiger partial charge is 0.252 e. The first-order valence-corrected chi connectivity index (χ1v) is 6.96. The van der Waals surface area contributed by atoms with Crippen LogP contribution in [0.5, 0.6) is 5.75 Å². The molecule has 6 heteroatoms. The molecule has 21 heavy (non-hydrogen) atoms. The quantitative estimate of drug-likeness (QED) is 0.855. The summed E-state index contributed by atoms with van der Waals surface area (Å²) in [6, 6.07) is 9.46. The summed E-state index contributed by atoms with van der Waals surface area (Å²) in [5.74, 6) is 0.309. The number of benzene rings is 1. The lowest BCUT2D eigenvalue weighted by molar-refractivity contribution is 0.100. The number of nitrogens with one attached hydrogen (secondary N) is 1. The summed E-state index contributed by atoms with van der Waals surface area (Å²) in [7, 11) is 0. The first-order valence-electron chi connectivity index (χ1n) is 6.59. The van der Waals surface area contributed by atoms with Gasteiger partial charge in [-0.15, -0.1) is 0 Å². The predicted molar refractivity (Wildman–Crippen MR) is 80.7 cm³/mol. The maximum Gasteiger partial charge on any atom is 0.252 e. The van der Waals surface area contributed by atoms with E-state index in [1.165, 1.54) is 6.20 Å². The molecule has 0 bridgehead atoms. The van der Waals surface area contributed by atoms with Crippen molar-refractivity contribution in [2.75, 3.05) is 11.9 Å². The maximum absolute atomic E-state index is 11.5. The van der Waals surface area contributed by atoms with Gasteiger partial charge in [-0.05, 0) is 12.1 Å². The van der Waals surface area contributed by atoms with E-state index in [-0.39, 0.29) is 6.04 Å². The number of hydrogen-bond donors (Lipinski definition) is 2. The molecule has 1 aromatic carbocycles. The average molecular weight is 304 g/mol. The lowest BCUT2D eigenvalue weighted by atomic mass is 10.00. The van der Waals surface area contributed by atoms with E-state index < -0.39 is 5.91 Å². The van der Waals surface area contributed by atoms with Crippen LogP contribution in [0, 0.1) is 0 Å². The van der Waals surface area contributed by atoms with E-state index >= 15 is 0 Å². The number of carbonyl (C=O) groups excluding carboxylic acids is 1. The Kier molecular flexibility index (Phi) is 3.66. The van der Waals surface area contributed by atoms with E-state index in [9.17, 15) is 4.79 Å². The second kappa shape index (κ2) is 5.61. The summed E-state index contributed by atoms with van der Waals surface area (Å²) in [5, 5.41) is 3.63. The van der Waals surface area contributed by atoms with Gasteiger partial charge in [0.05, 0.1) is 23.9 Å². The number of para-hydroxylation sites is 1. The Morgan fingerprint density at radius 2 is 2.24 bits per heavy atom. The minimum Gasteiger partial charge on any atom is -0.493 e. The SMILES string of the molecule is NC(=O)c1cnc(Cl)cc1NC1CCOc2ccccc21. The van der Waals surface area contributed by atoms with Crippen LogP contribution in [0.25, 0.3) is 0 Å². The normalized spacial score (nSPS) is 16.7. The molecule has 108 valence electrons. The average Bonchev–Trinajstić information content (AvgIpc) is 2.47. The number of fused-ring (bicyclic) bond motifs is 1. The van der Waals surface area contributed by atoms with Gasteiger partial charge in [0.2, 0.25) is 0 Å². The number of aromatic nitrogens is 1. The van der Waals surface area contributed by atoms with Gasteiger partial charge < -0.3 is 15.8 Å². The van der Waals surface area contributed by atoms with Gasteiger partial charge in [-0.25, -0.2) is 4.98 Å². The minimum atomic E-state index is -0.540. The van der Waals surface area contributed by atoms with Crippen LogP contribution in [0.2, 0.25) is 5.15 Å².